The molecule has 3 rings (SSSR count). The Morgan fingerprint density at radius 1 is 0.778 bits per heavy atom. The van der Waals surface area contributed by atoms with Gasteiger partial charge in [-0.2, -0.15) is 0 Å². The molecule has 7 nitrogen and oxygen atoms in total. The monoisotopic (exact) mass is 380 g/mol. The third-order valence-electron chi connectivity index (χ3n) is 3.58. The first-order valence-electron chi connectivity index (χ1n) is 8.04. The zero-order valence-corrected chi connectivity index (χ0v) is 15.2. The summed E-state index contributed by atoms with van der Waals surface area (Å²) in [5, 5.41) is 2.97. The fraction of sp³-hybridized carbons (Fsp3) is 0.0526. The van der Waals surface area contributed by atoms with Crippen LogP contribution in [0.25, 0.3) is 0 Å². The first-order valence-corrected chi connectivity index (χ1v) is 8.86. The SMILES string of the molecule is Cc1nc(NC(=O)c2ccccc2)sc1C(=O)NNC(=O)c1ccccc1. The summed E-state index contributed by atoms with van der Waals surface area (Å²) >= 11 is 1.03. The molecule has 0 aliphatic rings. The molecule has 3 N–H and O–H groups in total. The number of anilines is 1. The number of aromatic nitrogens is 1. The van der Waals surface area contributed by atoms with Crippen LogP contribution in [0.1, 0.15) is 36.1 Å². The summed E-state index contributed by atoms with van der Waals surface area (Å²) in [6.45, 7) is 1.66. The van der Waals surface area contributed by atoms with Gasteiger partial charge in [0.15, 0.2) is 5.13 Å². The molecule has 3 aromatic rings. The van der Waals surface area contributed by atoms with Crippen LogP contribution in [0.3, 0.4) is 0 Å². The molecule has 0 fully saturated rings. The number of rotatable bonds is 4. The Labute approximate surface area is 159 Å². The molecule has 0 aliphatic heterocycles. The minimum Gasteiger partial charge on any atom is -0.298 e. The molecule has 0 radical (unpaired) electrons. The van der Waals surface area contributed by atoms with Crippen LogP contribution in [-0.4, -0.2) is 22.7 Å². The molecule has 27 heavy (non-hydrogen) atoms. The Hall–Kier alpha value is -3.52. The van der Waals surface area contributed by atoms with Crippen molar-refractivity contribution in [3.05, 3.63) is 82.4 Å². The van der Waals surface area contributed by atoms with Crippen molar-refractivity contribution in [2.75, 3.05) is 5.32 Å². The highest BCUT2D eigenvalue weighted by molar-refractivity contribution is 7.17. The van der Waals surface area contributed by atoms with E-state index in [1.807, 2.05) is 6.07 Å². The van der Waals surface area contributed by atoms with Gasteiger partial charge in [0.25, 0.3) is 17.7 Å². The predicted molar refractivity (Wildman–Crippen MR) is 103 cm³/mol. The number of carbonyl (C=O) groups excluding carboxylic acids is 3. The van der Waals surface area contributed by atoms with Crippen molar-refractivity contribution in [2.24, 2.45) is 0 Å². The number of carbonyl (C=O) groups is 3. The van der Waals surface area contributed by atoms with Gasteiger partial charge in [-0.3, -0.25) is 30.6 Å². The highest BCUT2D eigenvalue weighted by atomic mass is 32.1. The number of hydrazine groups is 1. The van der Waals surface area contributed by atoms with Crippen molar-refractivity contribution < 1.29 is 14.4 Å². The van der Waals surface area contributed by atoms with Gasteiger partial charge in [0.05, 0.1) is 5.69 Å². The van der Waals surface area contributed by atoms with Crippen LogP contribution in [0.15, 0.2) is 60.7 Å². The van der Waals surface area contributed by atoms with Crippen LogP contribution in [0.4, 0.5) is 5.13 Å². The Morgan fingerprint density at radius 3 is 1.89 bits per heavy atom. The van der Waals surface area contributed by atoms with E-state index in [0.29, 0.717) is 26.8 Å². The van der Waals surface area contributed by atoms with Gasteiger partial charge in [0.1, 0.15) is 4.88 Å². The number of aryl methyl sites for hydroxylation is 1. The van der Waals surface area contributed by atoms with E-state index in [0.717, 1.165) is 11.3 Å². The van der Waals surface area contributed by atoms with Crippen LogP contribution >= 0.6 is 11.3 Å². The number of nitrogens with one attached hydrogen (secondary N) is 3. The minimum absolute atomic E-state index is 0.298. The van der Waals surface area contributed by atoms with E-state index in [1.165, 1.54) is 0 Å². The Bertz CT molecular complexity index is 971. The van der Waals surface area contributed by atoms with Gasteiger partial charge in [0, 0.05) is 11.1 Å². The fourth-order valence-corrected chi connectivity index (χ4v) is 3.11. The second-order valence-corrected chi connectivity index (χ2v) is 6.53. The Balaban J connectivity index is 1.62. The number of amides is 3. The average molecular weight is 380 g/mol. The quantitative estimate of drug-likeness (QED) is 0.606. The van der Waals surface area contributed by atoms with E-state index < -0.39 is 11.8 Å². The van der Waals surface area contributed by atoms with Crippen molar-refractivity contribution in [3.8, 4) is 0 Å². The van der Waals surface area contributed by atoms with Gasteiger partial charge in [-0.1, -0.05) is 47.7 Å². The lowest BCUT2D eigenvalue weighted by Crippen LogP contribution is -2.41. The first-order chi connectivity index (χ1) is 13.0. The smallest absolute Gasteiger partial charge is 0.281 e. The molecule has 0 unspecified atom stereocenters. The second kappa shape index (κ2) is 8.24. The van der Waals surface area contributed by atoms with E-state index in [4.69, 9.17) is 0 Å². The molecule has 0 saturated carbocycles. The standard InChI is InChI=1S/C19H16N4O3S/c1-12-15(18(26)23-22-17(25)14-10-6-3-7-11-14)27-19(20-12)21-16(24)13-8-4-2-5-9-13/h2-11H,1H3,(H,22,25)(H,23,26)(H,20,21,24). The Kier molecular flexibility index (Phi) is 5.58. The van der Waals surface area contributed by atoms with Gasteiger partial charge in [-0.05, 0) is 31.2 Å². The molecule has 1 aromatic heterocycles. The maximum absolute atomic E-state index is 12.3. The molecule has 0 aliphatic carbocycles. The molecule has 0 atom stereocenters. The summed E-state index contributed by atoms with van der Waals surface area (Å²) in [7, 11) is 0. The summed E-state index contributed by atoms with van der Waals surface area (Å²) in [5.41, 5.74) is 6.08. The van der Waals surface area contributed by atoms with Crippen molar-refractivity contribution >= 4 is 34.2 Å². The third-order valence-corrected chi connectivity index (χ3v) is 4.66. The molecule has 136 valence electrons. The average Bonchev–Trinajstić information content (AvgIpc) is 3.07. The van der Waals surface area contributed by atoms with Gasteiger partial charge in [-0.15, -0.1) is 0 Å². The number of hydrogen-bond acceptors (Lipinski definition) is 5. The second-order valence-electron chi connectivity index (χ2n) is 5.53. The van der Waals surface area contributed by atoms with Gasteiger partial charge < -0.3 is 0 Å². The van der Waals surface area contributed by atoms with E-state index >= 15 is 0 Å². The van der Waals surface area contributed by atoms with Gasteiger partial charge in [0.2, 0.25) is 0 Å². The molecule has 0 spiro atoms. The lowest BCUT2D eigenvalue weighted by atomic mass is 10.2. The molecule has 8 heteroatoms. The van der Waals surface area contributed by atoms with Crippen molar-refractivity contribution in [1.29, 1.82) is 0 Å². The summed E-state index contributed by atoms with van der Waals surface area (Å²) in [6.07, 6.45) is 0. The molecule has 2 aromatic carbocycles. The van der Waals surface area contributed by atoms with Gasteiger partial charge >= 0.3 is 0 Å². The molecule has 3 amide bonds. The number of nitrogens with zero attached hydrogens (tertiary/aromatic N) is 1. The number of thiazole rings is 1. The number of hydrogen-bond donors (Lipinski definition) is 3. The maximum atomic E-state index is 12.3. The number of benzene rings is 2. The van der Waals surface area contributed by atoms with E-state index in [-0.39, 0.29) is 5.91 Å². The van der Waals surface area contributed by atoms with Gasteiger partial charge in [-0.25, -0.2) is 4.98 Å². The lowest BCUT2D eigenvalue weighted by molar-refractivity contribution is 0.0848. The summed E-state index contributed by atoms with van der Waals surface area (Å²) < 4.78 is 0. The first kappa shape index (κ1) is 18.3. The highest BCUT2D eigenvalue weighted by Gasteiger charge is 2.18. The summed E-state index contributed by atoms with van der Waals surface area (Å²) in [6, 6.07) is 17.2. The third kappa shape index (κ3) is 4.56. The highest BCUT2D eigenvalue weighted by Crippen LogP contribution is 2.23. The van der Waals surface area contributed by atoms with Crippen molar-refractivity contribution in [2.45, 2.75) is 6.92 Å². The summed E-state index contributed by atoms with van der Waals surface area (Å²) in [5.74, 6) is -1.24. The van der Waals surface area contributed by atoms with Crippen LogP contribution in [0.2, 0.25) is 0 Å². The topological polar surface area (TPSA) is 100 Å². The molecule has 0 bridgehead atoms. The summed E-state index contributed by atoms with van der Waals surface area (Å²) in [4.78, 5) is 40.9. The molecule has 0 saturated heterocycles. The minimum atomic E-state index is -0.505. The predicted octanol–water partition coefficient (Wildman–Crippen LogP) is 2.78. The van der Waals surface area contributed by atoms with E-state index in [1.54, 1.807) is 61.5 Å². The zero-order valence-electron chi connectivity index (χ0n) is 14.4. The fourth-order valence-electron chi connectivity index (χ4n) is 2.25. The maximum Gasteiger partial charge on any atom is 0.281 e. The van der Waals surface area contributed by atoms with Crippen molar-refractivity contribution in [1.82, 2.24) is 15.8 Å². The molecular formula is C19H16N4O3S. The van der Waals surface area contributed by atoms with Crippen LogP contribution in [0.5, 0.6) is 0 Å². The van der Waals surface area contributed by atoms with E-state index in [9.17, 15) is 14.4 Å². The van der Waals surface area contributed by atoms with E-state index in [2.05, 4.69) is 21.2 Å². The van der Waals surface area contributed by atoms with Crippen LogP contribution < -0.4 is 16.2 Å². The largest absolute Gasteiger partial charge is 0.298 e. The molecule has 1 heterocycles. The zero-order chi connectivity index (χ0) is 19.2. The van der Waals surface area contributed by atoms with Crippen LogP contribution in [0, 0.1) is 6.92 Å². The van der Waals surface area contributed by atoms with Crippen LogP contribution in [-0.2, 0) is 0 Å². The Morgan fingerprint density at radius 2 is 1.30 bits per heavy atom. The normalized spacial score (nSPS) is 10.1. The van der Waals surface area contributed by atoms with Crippen molar-refractivity contribution in [3.63, 3.8) is 0 Å². The lowest BCUT2D eigenvalue weighted by Gasteiger charge is -2.06. The molecular weight excluding hydrogens is 364 g/mol.